The van der Waals surface area contributed by atoms with Gasteiger partial charge in [-0.05, 0) is 18.8 Å². The molecule has 5 nitrogen and oxygen atoms in total. The molecular weight excluding hydrogens is 246 g/mol. The van der Waals surface area contributed by atoms with Crippen LogP contribution in [0.3, 0.4) is 0 Å². The van der Waals surface area contributed by atoms with E-state index in [0.717, 1.165) is 19.3 Å². The minimum Gasteiger partial charge on any atom is -0.481 e. The van der Waals surface area contributed by atoms with Gasteiger partial charge in [-0.3, -0.25) is 19.3 Å². The molecule has 0 aromatic heterocycles. The number of carboxylic acids is 1. The maximum absolute atomic E-state index is 12.0. The molecule has 1 N–H and O–H groups in total. The van der Waals surface area contributed by atoms with Gasteiger partial charge in [0.2, 0.25) is 11.8 Å². The predicted octanol–water partition coefficient (Wildman–Crippen LogP) is 1.81. The lowest BCUT2D eigenvalue weighted by Crippen LogP contribution is -2.51. The molecule has 1 heterocycles. The first-order valence-electron chi connectivity index (χ1n) is 7.01. The van der Waals surface area contributed by atoms with E-state index < -0.39 is 11.4 Å². The van der Waals surface area contributed by atoms with Gasteiger partial charge in [0.1, 0.15) is 0 Å². The number of nitrogens with zero attached hydrogens (tertiary/aromatic N) is 1. The molecule has 0 unspecified atom stereocenters. The van der Waals surface area contributed by atoms with E-state index in [9.17, 15) is 19.5 Å². The zero-order chi connectivity index (χ0) is 14.0. The summed E-state index contributed by atoms with van der Waals surface area (Å²) in [5.74, 6) is -1.22. The highest BCUT2D eigenvalue weighted by Gasteiger charge is 2.44. The quantitative estimate of drug-likeness (QED) is 0.791. The number of carboxylic acid groups (broad SMARTS) is 1. The Bertz CT molecular complexity index is 380. The largest absolute Gasteiger partial charge is 0.481 e. The fourth-order valence-corrected chi connectivity index (χ4v) is 3.18. The van der Waals surface area contributed by atoms with E-state index in [1.54, 1.807) is 0 Å². The van der Waals surface area contributed by atoms with Gasteiger partial charge in [0.05, 0.1) is 5.41 Å². The summed E-state index contributed by atoms with van der Waals surface area (Å²) >= 11 is 0. The number of carbonyl (C=O) groups excluding carboxylic acids is 2. The van der Waals surface area contributed by atoms with Crippen molar-refractivity contribution in [2.45, 2.75) is 51.9 Å². The number of imide groups is 1. The predicted molar refractivity (Wildman–Crippen MR) is 68.3 cm³/mol. The summed E-state index contributed by atoms with van der Waals surface area (Å²) in [7, 11) is 0. The third kappa shape index (κ3) is 2.80. The summed E-state index contributed by atoms with van der Waals surface area (Å²) in [6, 6.07) is 0. The number of likely N-dealkylation sites (tertiary alicyclic amines) is 1. The molecule has 0 spiro atoms. The Balaban J connectivity index is 2.15. The van der Waals surface area contributed by atoms with Crippen LogP contribution >= 0.6 is 0 Å². The molecule has 1 aliphatic carbocycles. The van der Waals surface area contributed by atoms with Crippen LogP contribution in [-0.2, 0) is 14.4 Å². The maximum Gasteiger partial charge on any atom is 0.311 e. The Morgan fingerprint density at radius 2 is 1.74 bits per heavy atom. The van der Waals surface area contributed by atoms with E-state index in [2.05, 4.69) is 0 Å². The number of carbonyl (C=O) groups is 3. The number of hydrogen-bond donors (Lipinski definition) is 1. The number of rotatable bonds is 3. The van der Waals surface area contributed by atoms with Crippen LogP contribution in [0.2, 0.25) is 0 Å². The van der Waals surface area contributed by atoms with Gasteiger partial charge in [-0.1, -0.05) is 26.2 Å². The minimum atomic E-state index is -0.913. The van der Waals surface area contributed by atoms with E-state index in [1.165, 1.54) is 4.90 Å². The van der Waals surface area contributed by atoms with Crippen LogP contribution in [0, 0.1) is 11.3 Å². The van der Waals surface area contributed by atoms with Crippen molar-refractivity contribution >= 4 is 17.8 Å². The van der Waals surface area contributed by atoms with Crippen molar-refractivity contribution in [2.24, 2.45) is 11.3 Å². The van der Waals surface area contributed by atoms with Gasteiger partial charge in [-0.25, -0.2) is 0 Å². The van der Waals surface area contributed by atoms with E-state index in [0.29, 0.717) is 25.7 Å². The normalized spacial score (nSPS) is 24.6. The van der Waals surface area contributed by atoms with Crippen molar-refractivity contribution in [3.8, 4) is 0 Å². The first-order chi connectivity index (χ1) is 8.94. The van der Waals surface area contributed by atoms with Gasteiger partial charge in [0.15, 0.2) is 0 Å². The van der Waals surface area contributed by atoms with Crippen LogP contribution in [0.25, 0.3) is 0 Å². The number of amides is 2. The molecular formula is C14H21NO4. The molecule has 5 heteroatoms. The van der Waals surface area contributed by atoms with Crippen molar-refractivity contribution in [3.63, 3.8) is 0 Å². The van der Waals surface area contributed by atoms with Crippen LogP contribution in [0.1, 0.15) is 51.9 Å². The van der Waals surface area contributed by atoms with Crippen LogP contribution in [-0.4, -0.2) is 34.3 Å². The number of aliphatic carboxylic acids is 1. The van der Waals surface area contributed by atoms with Crippen molar-refractivity contribution in [3.05, 3.63) is 0 Å². The van der Waals surface area contributed by atoms with Crippen molar-refractivity contribution in [1.82, 2.24) is 4.90 Å². The summed E-state index contributed by atoms with van der Waals surface area (Å²) in [6.45, 7) is 1.94. The zero-order valence-electron chi connectivity index (χ0n) is 11.4. The molecule has 2 fully saturated rings. The molecule has 0 radical (unpaired) electrons. The van der Waals surface area contributed by atoms with E-state index >= 15 is 0 Å². The fourth-order valence-electron chi connectivity index (χ4n) is 3.18. The first-order valence-corrected chi connectivity index (χ1v) is 7.01. The van der Waals surface area contributed by atoms with Gasteiger partial charge in [0, 0.05) is 19.4 Å². The Morgan fingerprint density at radius 1 is 1.21 bits per heavy atom. The van der Waals surface area contributed by atoms with Crippen LogP contribution in [0.15, 0.2) is 0 Å². The van der Waals surface area contributed by atoms with Crippen LogP contribution < -0.4 is 0 Å². The molecule has 2 amide bonds. The highest BCUT2D eigenvalue weighted by molar-refractivity contribution is 5.98. The van der Waals surface area contributed by atoms with Gasteiger partial charge in [-0.15, -0.1) is 0 Å². The highest BCUT2D eigenvalue weighted by atomic mass is 16.4. The molecule has 0 atom stereocenters. The van der Waals surface area contributed by atoms with Crippen LogP contribution in [0.4, 0.5) is 0 Å². The standard InChI is InChI=1S/C14H21NO4/c1-10-7-11(16)15(12(17)8-10)9-14(13(18)19)5-3-2-4-6-14/h10H,2-9H2,1H3,(H,18,19). The molecule has 2 aliphatic rings. The van der Waals surface area contributed by atoms with Crippen molar-refractivity contribution < 1.29 is 19.5 Å². The van der Waals surface area contributed by atoms with Gasteiger partial charge < -0.3 is 5.11 Å². The summed E-state index contributed by atoms with van der Waals surface area (Å²) < 4.78 is 0. The van der Waals surface area contributed by atoms with E-state index in [4.69, 9.17) is 0 Å². The molecule has 1 saturated carbocycles. The molecule has 106 valence electrons. The average Bonchev–Trinajstić information content (AvgIpc) is 2.35. The molecule has 2 rings (SSSR count). The van der Waals surface area contributed by atoms with E-state index in [1.807, 2.05) is 6.92 Å². The molecule has 0 aromatic carbocycles. The van der Waals surface area contributed by atoms with Gasteiger partial charge in [-0.2, -0.15) is 0 Å². The molecule has 0 aromatic rings. The van der Waals surface area contributed by atoms with Crippen molar-refractivity contribution in [1.29, 1.82) is 0 Å². The minimum absolute atomic E-state index is 0.0622. The molecule has 19 heavy (non-hydrogen) atoms. The summed E-state index contributed by atoms with van der Waals surface area (Å²) in [5.41, 5.74) is -0.913. The number of piperidine rings is 1. The third-order valence-electron chi connectivity index (χ3n) is 4.37. The Labute approximate surface area is 113 Å². The smallest absolute Gasteiger partial charge is 0.311 e. The molecule has 1 aliphatic heterocycles. The topological polar surface area (TPSA) is 74.7 Å². The van der Waals surface area contributed by atoms with E-state index in [-0.39, 0.29) is 24.3 Å². The van der Waals surface area contributed by atoms with Gasteiger partial charge in [0.25, 0.3) is 0 Å². The average molecular weight is 267 g/mol. The second-order valence-electron chi connectivity index (χ2n) is 6.03. The lowest BCUT2D eigenvalue weighted by Gasteiger charge is -2.38. The second kappa shape index (κ2) is 5.31. The lowest BCUT2D eigenvalue weighted by atomic mass is 9.73. The lowest BCUT2D eigenvalue weighted by molar-refractivity contribution is -0.159. The third-order valence-corrected chi connectivity index (χ3v) is 4.37. The zero-order valence-corrected chi connectivity index (χ0v) is 11.4. The SMILES string of the molecule is CC1CC(=O)N(CC2(C(=O)O)CCCCC2)C(=O)C1. The van der Waals surface area contributed by atoms with Crippen LogP contribution in [0.5, 0.6) is 0 Å². The fraction of sp³-hybridized carbons (Fsp3) is 0.786. The Kier molecular flexibility index (Phi) is 3.92. The monoisotopic (exact) mass is 267 g/mol. The Morgan fingerprint density at radius 3 is 2.21 bits per heavy atom. The Hall–Kier alpha value is -1.39. The molecule has 1 saturated heterocycles. The van der Waals surface area contributed by atoms with Gasteiger partial charge >= 0.3 is 5.97 Å². The number of hydrogen-bond acceptors (Lipinski definition) is 3. The maximum atomic E-state index is 12.0. The highest BCUT2D eigenvalue weighted by Crippen LogP contribution is 2.38. The first kappa shape index (κ1) is 14.0. The second-order valence-corrected chi connectivity index (χ2v) is 6.03. The summed E-state index contributed by atoms with van der Waals surface area (Å²) in [4.78, 5) is 36.7. The molecule has 0 bridgehead atoms. The summed E-state index contributed by atoms with van der Waals surface area (Å²) in [6.07, 6.45) is 4.58. The van der Waals surface area contributed by atoms with Crippen molar-refractivity contribution in [2.75, 3.05) is 6.54 Å². The summed E-state index contributed by atoms with van der Waals surface area (Å²) in [5, 5.41) is 9.49.